The van der Waals surface area contributed by atoms with E-state index in [1.165, 1.54) is 6.07 Å². The topological polar surface area (TPSA) is 59.4 Å². The fourth-order valence-electron chi connectivity index (χ4n) is 3.66. The molecule has 4 rings (SSSR count). The second-order valence-corrected chi connectivity index (χ2v) is 8.49. The summed E-state index contributed by atoms with van der Waals surface area (Å²) >= 11 is 6.05. The van der Waals surface area contributed by atoms with E-state index in [1.54, 1.807) is 35.0 Å². The molecule has 0 atom stereocenters. The maximum Gasteiger partial charge on any atom is 0.284 e. The van der Waals surface area contributed by atoms with Gasteiger partial charge in [0.25, 0.3) is 15.9 Å². The van der Waals surface area contributed by atoms with Crippen molar-refractivity contribution in [3.8, 4) is 5.69 Å². The Hall–Kier alpha value is -1.79. The average Bonchev–Trinajstić information content (AvgIpc) is 3.03. The molecular formula is C17H17ClN2O3S. The number of aromatic nitrogens is 1. The first kappa shape index (κ1) is 15.7. The minimum absolute atomic E-state index is 0.0869. The van der Waals surface area contributed by atoms with Crippen LogP contribution in [0.25, 0.3) is 5.69 Å². The number of fused-ring (bicyclic) bond motifs is 3. The molecule has 0 N–H and O–H groups in total. The van der Waals surface area contributed by atoms with Gasteiger partial charge < -0.3 is 4.57 Å². The van der Waals surface area contributed by atoms with E-state index < -0.39 is 15.9 Å². The molecule has 0 bridgehead atoms. The number of halogens is 1. The van der Waals surface area contributed by atoms with Crippen LogP contribution in [0.3, 0.4) is 0 Å². The minimum atomic E-state index is -3.95. The van der Waals surface area contributed by atoms with Gasteiger partial charge in [-0.25, -0.2) is 12.7 Å². The normalized spacial score (nSPS) is 20.4. The molecule has 1 saturated carbocycles. The lowest BCUT2D eigenvalue weighted by Crippen LogP contribution is -2.45. The lowest BCUT2D eigenvalue weighted by molar-refractivity contribution is 0.0792. The molecule has 1 aliphatic carbocycles. The molecular weight excluding hydrogens is 348 g/mol. The van der Waals surface area contributed by atoms with Crippen molar-refractivity contribution in [3.63, 3.8) is 0 Å². The highest BCUT2D eigenvalue weighted by molar-refractivity contribution is 7.89. The Balaban J connectivity index is 1.98. The lowest BCUT2D eigenvalue weighted by Gasteiger charge is -2.32. The second-order valence-electron chi connectivity index (χ2n) is 6.27. The molecule has 0 saturated heterocycles. The maximum absolute atomic E-state index is 13.3. The molecule has 0 spiro atoms. The number of amides is 1. The van der Waals surface area contributed by atoms with Crippen LogP contribution in [0.4, 0.5) is 0 Å². The molecule has 1 fully saturated rings. The minimum Gasteiger partial charge on any atom is -0.311 e. The Morgan fingerprint density at radius 3 is 2.58 bits per heavy atom. The van der Waals surface area contributed by atoms with Crippen molar-refractivity contribution >= 4 is 27.5 Å². The summed E-state index contributed by atoms with van der Waals surface area (Å²) in [6, 6.07) is 7.85. The molecule has 126 valence electrons. The number of benzene rings is 1. The standard InChI is InChI=1S/C17H17ClN2O3S/c18-12-8-9-14-16(11-12)24(22,23)20(13-5-2-1-3-6-13)17(21)15-7-4-10-19(14)15/h4,7-11,13H,1-3,5-6H2. The zero-order valence-corrected chi connectivity index (χ0v) is 14.6. The molecule has 2 aromatic rings. The van der Waals surface area contributed by atoms with Crippen molar-refractivity contribution in [2.75, 3.05) is 0 Å². The zero-order valence-electron chi connectivity index (χ0n) is 13.0. The van der Waals surface area contributed by atoms with E-state index >= 15 is 0 Å². The van der Waals surface area contributed by atoms with Crippen LogP contribution < -0.4 is 0 Å². The molecule has 1 aromatic carbocycles. The van der Waals surface area contributed by atoms with Crippen LogP contribution in [0.1, 0.15) is 42.6 Å². The predicted molar refractivity (Wildman–Crippen MR) is 91.0 cm³/mol. The smallest absolute Gasteiger partial charge is 0.284 e. The van der Waals surface area contributed by atoms with Crippen LogP contribution in [0.5, 0.6) is 0 Å². The Morgan fingerprint density at radius 1 is 1.08 bits per heavy atom. The van der Waals surface area contributed by atoms with Gasteiger partial charge in [0, 0.05) is 17.3 Å². The largest absolute Gasteiger partial charge is 0.311 e. The quantitative estimate of drug-likeness (QED) is 0.776. The van der Waals surface area contributed by atoms with Crippen LogP contribution >= 0.6 is 11.6 Å². The highest BCUT2D eigenvalue weighted by atomic mass is 35.5. The van der Waals surface area contributed by atoms with E-state index in [-0.39, 0.29) is 10.9 Å². The molecule has 0 unspecified atom stereocenters. The van der Waals surface area contributed by atoms with E-state index in [2.05, 4.69) is 0 Å². The summed E-state index contributed by atoms with van der Waals surface area (Å²) in [6.45, 7) is 0. The first-order valence-corrected chi connectivity index (χ1v) is 9.88. The van der Waals surface area contributed by atoms with E-state index in [0.717, 1.165) is 23.6 Å². The number of carbonyl (C=O) groups excluding carboxylic acids is 1. The Morgan fingerprint density at radius 2 is 1.83 bits per heavy atom. The van der Waals surface area contributed by atoms with Gasteiger partial charge in [-0.1, -0.05) is 30.9 Å². The van der Waals surface area contributed by atoms with Gasteiger partial charge in [-0.3, -0.25) is 4.79 Å². The molecule has 0 radical (unpaired) electrons. The highest BCUT2D eigenvalue weighted by Gasteiger charge is 2.41. The van der Waals surface area contributed by atoms with Gasteiger partial charge in [0.2, 0.25) is 0 Å². The van der Waals surface area contributed by atoms with Gasteiger partial charge in [0.1, 0.15) is 10.6 Å². The van der Waals surface area contributed by atoms with E-state index in [1.807, 2.05) is 0 Å². The van der Waals surface area contributed by atoms with Gasteiger partial charge in [-0.05, 0) is 43.2 Å². The molecule has 5 nitrogen and oxygen atoms in total. The van der Waals surface area contributed by atoms with Crippen LogP contribution in [0.15, 0.2) is 41.4 Å². The third-order valence-corrected chi connectivity index (χ3v) is 6.89. The van der Waals surface area contributed by atoms with Crippen LogP contribution in [0.2, 0.25) is 5.02 Å². The Labute approximate surface area is 145 Å². The van der Waals surface area contributed by atoms with Crippen molar-refractivity contribution in [2.45, 2.75) is 43.0 Å². The second kappa shape index (κ2) is 5.63. The van der Waals surface area contributed by atoms with Gasteiger partial charge in [0.15, 0.2) is 0 Å². The first-order chi connectivity index (χ1) is 11.5. The molecule has 2 aliphatic rings. The van der Waals surface area contributed by atoms with Crippen molar-refractivity contribution in [3.05, 3.63) is 47.2 Å². The van der Waals surface area contributed by atoms with Crippen LogP contribution in [-0.4, -0.2) is 29.2 Å². The number of rotatable bonds is 1. The predicted octanol–water partition coefficient (Wildman–Crippen LogP) is 3.61. The SMILES string of the molecule is O=C1c2cccn2-c2ccc(Cl)cc2S(=O)(=O)N1C1CCCCC1. The third kappa shape index (κ3) is 2.28. The fraction of sp³-hybridized carbons (Fsp3) is 0.353. The number of carbonyl (C=O) groups is 1. The lowest BCUT2D eigenvalue weighted by atomic mass is 9.95. The summed E-state index contributed by atoms with van der Waals surface area (Å²) in [5.41, 5.74) is 0.830. The van der Waals surface area contributed by atoms with Crippen molar-refractivity contribution in [2.24, 2.45) is 0 Å². The molecule has 7 heteroatoms. The van der Waals surface area contributed by atoms with E-state index in [4.69, 9.17) is 11.6 Å². The monoisotopic (exact) mass is 364 g/mol. The number of hydrogen-bond acceptors (Lipinski definition) is 3. The average molecular weight is 365 g/mol. The summed E-state index contributed by atoms with van der Waals surface area (Å²) in [7, 11) is -3.95. The molecule has 1 amide bonds. The molecule has 1 aliphatic heterocycles. The van der Waals surface area contributed by atoms with Gasteiger partial charge in [0.05, 0.1) is 5.69 Å². The third-order valence-electron chi connectivity index (χ3n) is 4.79. The number of nitrogens with zero attached hydrogens (tertiary/aromatic N) is 2. The van der Waals surface area contributed by atoms with Crippen LogP contribution in [0, 0.1) is 0 Å². The van der Waals surface area contributed by atoms with E-state index in [9.17, 15) is 13.2 Å². The van der Waals surface area contributed by atoms with Gasteiger partial charge in [-0.15, -0.1) is 0 Å². The molecule has 2 heterocycles. The van der Waals surface area contributed by atoms with Gasteiger partial charge >= 0.3 is 0 Å². The van der Waals surface area contributed by atoms with Crippen molar-refractivity contribution < 1.29 is 13.2 Å². The van der Waals surface area contributed by atoms with Crippen molar-refractivity contribution in [1.82, 2.24) is 8.87 Å². The maximum atomic E-state index is 13.3. The Kier molecular flexibility index (Phi) is 3.69. The zero-order chi connectivity index (χ0) is 16.9. The number of hydrogen-bond donors (Lipinski definition) is 0. The molecule has 24 heavy (non-hydrogen) atoms. The first-order valence-electron chi connectivity index (χ1n) is 8.06. The summed E-state index contributed by atoms with van der Waals surface area (Å²) < 4.78 is 29.3. The molecule has 1 aromatic heterocycles. The van der Waals surface area contributed by atoms with Crippen LogP contribution in [-0.2, 0) is 10.0 Å². The summed E-state index contributed by atoms with van der Waals surface area (Å²) in [5.74, 6) is -0.459. The summed E-state index contributed by atoms with van der Waals surface area (Å²) in [4.78, 5) is 13.1. The fourth-order valence-corrected chi connectivity index (χ4v) is 5.73. The summed E-state index contributed by atoms with van der Waals surface area (Å²) in [6.07, 6.45) is 6.08. The summed E-state index contributed by atoms with van der Waals surface area (Å²) in [5, 5.41) is 0.337. The van der Waals surface area contributed by atoms with E-state index in [0.29, 0.717) is 29.2 Å². The highest BCUT2D eigenvalue weighted by Crippen LogP contribution is 2.36. The number of sulfonamides is 1. The van der Waals surface area contributed by atoms with Crippen molar-refractivity contribution in [1.29, 1.82) is 0 Å². The van der Waals surface area contributed by atoms with Gasteiger partial charge in [-0.2, -0.15) is 0 Å². The Bertz CT molecular complexity index is 914.